The van der Waals surface area contributed by atoms with E-state index >= 15 is 0 Å². The van der Waals surface area contributed by atoms with Gasteiger partial charge in [-0.2, -0.15) is 0 Å². The molecule has 0 radical (unpaired) electrons. The van der Waals surface area contributed by atoms with Crippen LogP contribution in [0.15, 0.2) is 24.3 Å². The van der Waals surface area contributed by atoms with Crippen LogP contribution in [0, 0.1) is 12.8 Å². The zero-order valence-corrected chi connectivity index (χ0v) is 12.1. The Kier molecular flexibility index (Phi) is 4.19. The first kappa shape index (κ1) is 13.1. The minimum Gasteiger partial charge on any atom is -0.314 e. The van der Waals surface area contributed by atoms with Crippen LogP contribution in [0.1, 0.15) is 42.9 Å². The van der Waals surface area contributed by atoms with Gasteiger partial charge in [0.15, 0.2) is 0 Å². The molecule has 1 saturated heterocycles. The quantitative estimate of drug-likeness (QED) is 0.896. The van der Waals surface area contributed by atoms with Crippen molar-refractivity contribution in [2.45, 2.75) is 38.6 Å². The second kappa shape index (κ2) is 6.06. The van der Waals surface area contributed by atoms with E-state index in [9.17, 15) is 0 Å². The topological polar surface area (TPSA) is 15.3 Å². The normalized spacial score (nSPS) is 23.6. The van der Waals surface area contributed by atoms with Gasteiger partial charge in [0, 0.05) is 32.2 Å². The van der Waals surface area contributed by atoms with Crippen LogP contribution in [0.3, 0.4) is 0 Å². The summed E-state index contributed by atoms with van der Waals surface area (Å²) < 4.78 is 0. The molecule has 1 saturated carbocycles. The molecule has 0 bridgehead atoms. The monoisotopic (exact) mass is 258 g/mol. The predicted octanol–water partition coefficient (Wildman–Crippen LogP) is 3.13. The first-order chi connectivity index (χ1) is 9.34. The van der Waals surface area contributed by atoms with Gasteiger partial charge in [-0.1, -0.05) is 42.7 Å². The number of nitrogens with one attached hydrogen (secondary N) is 1. The van der Waals surface area contributed by atoms with Gasteiger partial charge in [-0.05, 0) is 31.2 Å². The van der Waals surface area contributed by atoms with Crippen molar-refractivity contribution in [3.63, 3.8) is 0 Å². The van der Waals surface area contributed by atoms with E-state index in [-0.39, 0.29) is 0 Å². The third-order valence-corrected chi connectivity index (χ3v) is 4.77. The Hall–Kier alpha value is -0.860. The molecule has 1 aromatic rings. The minimum atomic E-state index is 0.657. The third-order valence-electron chi connectivity index (χ3n) is 4.77. The lowest BCUT2D eigenvalue weighted by Gasteiger charge is -2.38. The molecule has 1 N–H and O–H groups in total. The molecule has 19 heavy (non-hydrogen) atoms. The largest absolute Gasteiger partial charge is 0.314 e. The van der Waals surface area contributed by atoms with E-state index in [0.29, 0.717) is 6.04 Å². The van der Waals surface area contributed by atoms with Crippen LogP contribution in [0.5, 0.6) is 0 Å². The van der Waals surface area contributed by atoms with E-state index in [1.54, 1.807) is 5.56 Å². The molecule has 1 aliphatic carbocycles. The van der Waals surface area contributed by atoms with Gasteiger partial charge in [0.05, 0.1) is 0 Å². The molecule has 1 aliphatic heterocycles. The van der Waals surface area contributed by atoms with E-state index in [4.69, 9.17) is 0 Å². The predicted molar refractivity (Wildman–Crippen MR) is 80.3 cm³/mol. The summed E-state index contributed by atoms with van der Waals surface area (Å²) in [5, 5.41) is 3.48. The van der Waals surface area contributed by atoms with Gasteiger partial charge in [-0.3, -0.25) is 4.90 Å². The fourth-order valence-electron chi connectivity index (χ4n) is 3.87. The molecule has 3 rings (SSSR count). The Morgan fingerprint density at radius 2 is 1.89 bits per heavy atom. The van der Waals surface area contributed by atoms with Gasteiger partial charge in [-0.25, -0.2) is 0 Å². The van der Waals surface area contributed by atoms with Crippen molar-refractivity contribution in [1.29, 1.82) is 0 Å². The van der Waals surface area contributed by atoms with Gasteiger partial charge >= 0.3 is 0 Å². The van der Waals surface area contributed by atoms with Gasteiger partial charge in [0.2, 0.25) is 0 Å². The van der Waals surface area contributed by atoms with E-state index in [2.05, 4.69) is 41.4 Å². The van der Waals surface area contributed by atoms with Crippen molar-refractivity contribution in [2.75, 3.05) is 26.2 Å². The second-order valence-electron chi connectivity index (χ2n) is 6.19. The lowest BCUT2D eigenvalue weighted by atomic mass is 9.89. The number of piperazine rings is 1. The van der Waals surface area contributed by atoms with Crippen molar-refractivity contribution in [2.24, 2.45) is 5.92 Å². The Balaban J connectivity index is 1.86. The summed E-state index contributed by atoms with van der Waals surface area (Å²) in [6.07, 6.45) is 5.70. The molecule has 2 aliphatic rings. The van der Waals surface area contributed by atoms with Crippen molar-refractivity contribution < 1.29 is 0 Å². The Labute approximate surface area is 117 Å². The molecular formula is C17H26N2. The van der Waals surface area contributed by atoms with E-state index in [1.807, 2.05) is 0 Å². The molecule has 0 spiro atoms. The van der Waals surface area contributed by atoms with E-state index in [0.717, 1.165) is 19.0 Å². The Morgan fingerprint density at radius 1 is 1.16 bits per heavy atom. The molecule has 104 valence electrons. The van der Waals surface area contributed by atoms with Crippen molar-refractivity contribution >= 4 is 0 Å². The minimum absolute atomic E-state index is 0.657. The van der Waals surface area contributed by atoms with Crippen molar-refractivity contribution in [1.82, 2.24) is 10.2 Å². The molecule has 0 aromatic heterocycles. The van der Waals surface area contributed by atoms with Crippen LogP contribution in [-0.2, 0) is 0 Å². The maximum Gasteiger partial charge on any atom is 0.0377 e. The third kappa shape index (κ3) is 3.01. The van der Waals surface area contributed by atoms with Crippen LogP contribution in [0.2, 0.25) is 0 Å². The van der Waals surface area contributed by atoms with Gasteiger partial charge in [0.25, 0.3) is 0 Å². The molecule has 1 aromatic carbocycles. The van der Waals surface area contributed by atoms with Crippen molar-refractivity contribution in [3.05, 3.63) is 35.4 Å². The zero-order chi connectivity index (χ0) is 13.1. The molecule has 2 fully saturated rings. The number of aryl methyl sites for hydroxylation is 1. The summed E-state index contributed by atoms with van der Waals surface area (Å²) in [6.45, 7) is 6.92. The molecule has 2 nitrogen and oxygen atoms in total. The first-order valence-electron chi connectivity index (χ1n) is 7.86. The number of nitrogens with zero attached hydrogens (tertiary/aromatic N) is 1. The highest BCUT2D eigenvalue weighted by Gasteiger charge is 2.31. The molecule has 1 heterocycles. The van der Waals surface area contributed by atoms with E-state index in [1.165, 1.54) is 44.3 Å². The molecule has 1 atom stereocenters. The fourth-order valence-corrected chi connectivity index (χ4v) is 3.87. The smallest absolute Gasteiger partial charge is 0.0377 e. The highest BCUT2D eigenvalue weighted by atomic mass is 15.2. The number of hydrogen-bond donors (Lipinski definition) is 1. The van der Waals surface area contributed by atoms with Crippen LogP contribution in [0.4, 0.5) is 0 Å². The highest BCUT2D eigenvalue weighted by Crippen LogP contribution is 2.39. The lowest BCUT2D eigenvalue weighted by molar-refractivity contribution is 0.125. The summed E-state index contributed by atoms with van der Waals surface area (Å²) in [7, 11) is 0. The summed E-state index contributed by atoms with van der Waals surface area (Å²) in [4.78, 5) is 2.72. The molecule has 0 unspecified atom stereocenters. The standard InChI is InChI=1S/C17H26N2/c1-14-5-4-8-16(13-14)17(15-6-2-3-7-15)19-11-9-18-10-12-19/h4-5,8,13,15,17-18H,2-3,6-7,9-12H2,1H3/t17-/m1/s1. The second-order valence-corrected chi connectivity index (χ2v) is 6.19. The van der Waals surface area contributed by atoms with E-state index < -0.39 is 0 Å². The lowest BCUT2D eigenvalue weighted by Crippen LogP contribution is -2.46. The first-order valence-corrected chi connectivity index (χ1v) is 7.86. The summed E-state index contributed by atoms with van der Waals surface area (Å²) >= 11 is 0. The van der Waals surface area contributed by atoms with Gasteiger partial charge in [0.1, 0.15) is 0 Å². The number of benzene rings is 1. The molecular weight excluding hydrogens is 232 g/mol. The van der Waals surface area contributed by atoms with Crippen LogP contribution in [-0.4, -0.2) is 31.1 Å². The SMILES string of the molecule is Cc1cccc([C@@H](C2CCCC2)N2CCNCC2)c1. The average Bonchev–Trinajstić information content (AvgIpc) is 2.94. The zero-order valence-electron chi connectivity index (χ0n) is 12.1. The Morgan fingerprint density at radius 3 is 2.58 bits per heavy atom. The maximum absolute atomic E-state index is 3.48. The Bertz CT molecular complexity index is 403. The van der Waals surface area contributed by atoms with Gasteiger partial charge in [-0.15, -0.1) is 0 Å². The molecule has 0 amide bonds. The van der Waals surface area contributed by atoms with Crippen LogP contribution >= 0.6 is 0 Å². The fraction of sp³-hybridized carbons (Fsp3) is 0.647. The van der Waals surface area contributed by atoms with Crippen molar-refractivity contribution in [3.8, 4) is 0 Å². The number of rotatable bonds is 3. The number of hydrogen-bond acceptors (Lipinski definition) is 2. The molecule has 2 heteroatoms. The highest BCUT2D eigenvalue weighted by molar-refractivity contribution is 5.26. The van der Waals surface area contributed by atoms with Gasteiger partial charge < -0.3 is 5.32 Å². The van der Waals surface area contributed by atoms with Crippen LogP contribution < -0.4 is 5.32 Å². The summed E-state index contributed by atoms with van der Waals surface area (Å²) in [6, 6.07) is 9.86. The average molecular weight is 258 g/mol. The summed E-state index contributed by atoms with van der Waals surface area (Å²) in [5.74, 6) is 0.875. The summed E-state index contributed by atoms with van der Waals surface area (Å²) in [5.41, 5.74) is 2.95. The maximum atomic E-state index is 3.48. The van der Waals surface area contributed by atoms with Crippen LogP contribution in [0.25, 0.3) is 0 Å².